The van der Waals surface area contributed by atoms with Crippen LogP contribution in [0.5, 0.6) is 0 Å². The molecule has 0 N–H and O–H groups in total. The quantitative estimate of drug-likeness (QED) is 0.330. The molecule has 0 aromatic rings. The number of nitrogens with zero attached hydrogens (tertiary/aromatic N) is 1. The van der Waals surface area contributed by atoms with Crippen molar-refractivity contribution in [3.63, 3.8) is 0 Å². The minimum absolute atomic E-state index is 0.0362. The molecule has 0 saturated carbocycles. The number of carbonyl (C=O) groups is 3. The molecule has 1 heterocycles. The third kappa shape index (κ3) is 5.97. The second-order valence-electron chi connectivity index (χ2n) is 5.19. The van der Waals surface area contributed by atoms with Gasteiger partial charge in [-0.3, -0.25) is 19.3 Å². The van der Waals surface area contributed by atoms with Crippen molar-refractivity contribution in [3.05, 3.63) is 12.2 Å². The summed E-state index contributed by atoms with van der Waals surface area (Å²) in [5.74, 6) is -0.844. The maximum Gasteiger partial charge on any atom is 0.308 e. The molecule has 1 aliphatic rings. The van der Waals surface area contributed by atoms with Gasteiger partial charge in [-0.15, -0.1) is 0 Å². The lowest BCUT2D eigenvalue weighted by molar-refractivity contribution is -0.150. The lowest BCUT2D eigenvalue weighted by atomic mass is 10.00. The van der Waals surface area contributed by atoms with Crippen molar-refractivity contribution in [1.82, 2.24) is 4.90 Å². The van der Waals surface area contributed by atoms with Crippen LogP contribution in [0.2, 0.25) is 0 Å². The molecule has 1 atom stereocenters. The molecule has 0 fully saturated rings. The molecule has 22 heavy (non-hydrogen) atoms. The summed E-state index contributed by atoms with van der Waals surface area (Å²) in [6.07, 6.45) is 6.22. The summed E-state index contributed by atoms with van der Waals surface area (Å²) < 4.78 is 10.5. The molecule has 1 aliphatic heterocycles. The Morgan fingerprint density at radius 1 is 1.14 bits per heavy atom. The SMILES string of the molecule is CCCCC(CC)C(=O)OCCOCCN1C(=O)C=CC1=O. The van der Waals surface area contributed by atoms with Gasteiger partial charge in [-0.2, -0.15) is 0 Å². The first-order chi connectivity index (χ1) is 10.6. The number of ether oxygens (including phenoxy) is 2. The van der Waals surface area contributed by atoms with Gasteiger partial charge >= 0.3 is 5.97 Å². The van der Waals surface area contributed by atoms with Crippen LogP contribution in [0.25, 0.3) is 0 Å². The third-order valence-corrected chi connectivity index (χ3v) is 3.56. The highest BCUT2D eigenvalue weighted by molar-refractivity contribution is 6.12. The van der Waals surface area contributed by atoms with Gasteiger partial charge in [0.05, 0.1) is 25.7 Å². The normalized spacial score (nSPS) is 15.5. The predicted molar refractivity (Wildman–Crippen MR) is 80.9 cm³/mol. The summed E-state index contributed by atoms with van der Waals surface area (Å²) in [4.78, 5) is 35.5. The van der Waals surface area contributed by atoms with Crippen LogP contribution in [0, 0.1) is 5.92 Å². The summed E-state index contributed by atoms with van der Waals surface area (Å²) in [7, 11) is 0. The van der Waals surface area contributed by atoms with Gasteiger partial charge < -0.3 is 9.47 Å². The predicted octanol–water partition coefficient (Wildman–Crippen LogP) is 1.69. The molecule has 0 aromatic heterocycles. The van der Waals surface area contributed by atoms with E-state index in [4.69, 9.17) is 9.47 Å². The zero-order valence-corrected chi connectivity index (χ0v) is 13.4. The fraction of sp³-hybridized carbons (Fsp3) is 0.688. The Hall–Kier alpha value is -1.69. The first-order valence-corrected chi connectivity index (χ1v) is 7.88. The fourth-order valence-electron chi connectivity index (χ4n) is 2.17. The largest absolute Gasteiger partial charge is 0.463 e. The minimum Gasteiger partial charge on any atom is -0.463 e. The van der Waals surface area contributed by atoms with Crippen molar-refractivity contribution in [2.75, 3.05) is 26.4 Å². The van der Waals surface area contributed by atoms with Crippen molar-refractivity contribution >= 4 is 17.8 Å². The van der Waals surface area contributed by atoms with Gasteiger partial charge in [-0.25, -0.2) is 0 Å². The summed E-state index contributed by atoms with van der Waals surface area (Å²) in [5, 5.41) is 0. The first kappa shape index (κ1) is 18.4. The Labute approximate surface area is 131 Å². The maximum atomic E-state index is 11.8. The lowest BCUT2D eigenvalue weighted by Gasteiger charge is -2.15. The van der Waals surface area contributed by atoms with E-state index < -0.39 is 0 Å². The average molecular weight is 311 g/mol. The standard InChI is InChI=1S/C16H25NO5/c1-3-5-6-13(4-2)16(20)22-12-11-21-10-9-17-14(18)7-8-15(17)19/h7-8,13H,3-6,9-12H2,1-2H3. The minimum atomic E-state index is -0.318. The molecule has 0 bridgehead atoms. The second-order valence-corrected chi connectivity index (χ2v) is 5.19. The van der Waals surface area contributed by atoms with Crippen LogP contribution >= 0.6 is 0 Å². The van der Waals surface area contributed by atoms with Crippen LogP contribution in [0.4, 0.5) is 0 Å². The van der Waals surface area contributed by atoms with Gasteiger partial charge in [0, 0.05) is 12.2 Å². The van der Waals surface area contributed by atoms with Crippen LogP contribution in [0.15, 0.2) is 12.2 Å². The molecule has 0 radical (unpaired) electrons. The van der Waals surface area contributed by atoms with Crippen LogP contribution < -0.4 is 0 Å². The van der Waals surface area contributed by atoms with Crippen molar-refractivity contribution in [3.8, 4) is 0 Å². The molecule has 0 aromatic carbocycles. The molecule has 6 heteroatoms. The highest BCUT2D eigenvalue weighted by Gasteiger charge is 2.22. The van der Waals surface area contributed by atoms with Crippen molar-refractivity contribution in [2.24, 2.45) is 5.92 Å². The fourth-order valence-corrected chi connectivity index (χ4v) is 2.17. The first-order valence-electron chi connectivity index (χ1n) is 7.88. The monoisotopic (exact) mass is 311 g/mol. The Morgan fingerprint density at radius 3 is 2.41 bits per heavy atom. The van der Waals surface area contributed by atoms with Gasteiger partial charge in [0.2, 0.25) is 0 Å². The van der Waals surface area contributed by atoms with E-state index in [1.54, 1.807) is 0 Å². The number of carbonyl (C=O) groups excluding carboxylic acids is 3. The van der Waals surface area contributed by atoms with Crippen molar-refractivity contribution in [2.45, 2.75) is 39.5 Å². The number of imide groups is 1. The van der Waals surface area contributed by atoms with Crippen molar-refractivity contribution < 1.29 is 23.9 Å². The van der Waals surface area contributed by atoms with E-state index in [9.17, 15) is 14.4 Å². The van der Waals surface area contributed by atoms with Crippen LogP contribution in [0.3, 0.4) is 0 Å². The molecule has 1 rings (SSSR count). The zero-order chi connectivity index (χ0) is 16.4. The maximum absolute atomic E-state index is 11.8. The second kappa shape index (κ2) is 10.1. The van der Waals surface area contributed by atoms with Crippen molar-refractivity contribution in [1.29, 1.82) is 0 Å². The molecule has 2 amide bonds. The average Bonchev–Trinajstić information content (AvgIpc) is 2.82. The van der Waals surface area contributed by atoms with Crippen LogP contribution in [-0.2, 0) is 23.9 Å². The Bertz CT molecular complexity index is 401. The summed E-state index contributed by atoms with van der Waals surface area (Å²) in [6.45, 7) is 4.99. The van der Waals surface area contributed by atoms with E-state index in [1.807, 2.05) is 6.92 Å². The topological polar surface area (TPSA) is 72.9 Å². The van der Waals surface area contributed by atoms with E-state index in [0.29, 0.717) is 0 Å². The van der Waals surface area contributed by atoms with Gasteiger partial charge in [-0.1, -0.05) is 26.7 Å². The molecular weight excluding hydrogens is 286 g/mol. The van der Waals surface area contributed by atoms with Crippen LogP contribution in [0.1, 0.15) is 39.5 Å². The number of hydrogen-bond acceptors (Lipinski definition) is 5. The number of rotatable bonds is 11. The third-order valence-electron chi connectivity index (χ3n) is 3.56. The molecule has 0 aliphatic carbocycles. The van der Waals surface area contributed by atoms with E-state index >= 15 is 0 Å². The Balaban J connectivity index is 2.08. The molecular formula is C16H25NO5. The van der Waals surface area contributed by atoms with Crippen LogP contribution in [-0.4, -0.2) is 49.0 Å². The molecule has 0 saturated heterocycles. The Kier molecular flexibility index (Phi) is 8.43. The molecule has 0 spiro atoms. The highest BCUT2D eigenvalue weighted by Crippen LogP contribution is 2.14. The highest BCUT2D eigenvalue weighted by atomic mass is 16.6. The smallest absolute Gasteiger partial charge is 0.308 e. The number of amides is 2. The molecule has 1 unspecified atom stereocenters. The van der Waals surface area contributed by atoms with E-state index in [0.717, 1.165) is 30.6 Å². The number of esters is 1. The Morgan fingerprint density at radius 2 is 1.82 bits per heavy atom. The van der Waals surface area contributed by atoms with E-state index in [-0.39, 0.29) is 50.1 Å². The summed E-state index contributed by atoms with van der Waals surface area (Å²) in [6, 6.07) is 0. The van der Waals surface area contributed by atoms with E-state index in [2.05, 4.69) is 6.92 Å². The summed E-state index contributed by atoms with van der Waals surface area (Å²) >= 11 is 0. The summed E-state index contributed by atoms with van der Waals surface area (Å²) in [5.41, 5.74) is 0. The number of hydrogen-bond donors (Lipinski definition) is 0. The zero-order valence-electron chi connectivity index (χ0n) is 13.4. The molecule has 6 nitrogen and oxygen atoms in total. The number of unbranched alkanes of at least 4 members (excludes halogenated alkanes) is 1. The lowest BCUT2D eigenvalue weighted by Crippen LogP contribution is -2.33. The van der Waals surface area contributed by atoms with Gasteiger partial charge in [0.25, 0.3) is 11.8 Å². The van der Waals surface area contributed by atoms with Gasteiger partial charge in [-0.05, 0) is 12.8 Å². The van der Waals surface area contributed by atoms with Gasteiger partial charge in [0.15, 0.2) is 0 Å². The molecule has 124 valence electrons. The van der Waals surface area contributed by atoms with Gasteiger partial charge in [0.1, 0.15) is 6.61 Å². The van der Waals surface area contributed by atoms with E-state index in [1.165, 1.54) is 12.2 Å².